The summed E-state index contributed by atoms with van der Waals surface area (Å²) in [6.45, 7) is 5.36. The number of alkyl carbamates (subject to hydrolysis) is 1. The fourth-order valence-corrected chi connectivity index (χ4v) is 1.22. The van der Waals surface area contributed by atoms with Crippen molar-refractivity contribution in [2.45, 2.75) is 43.7 Å². The molecule has 0 aliphatic heterocycles. The second kappa shape index (κ2) is 6.40. The predicted molar refractivity (Wildman–Crippen MR) is 60.4 cm³/mol. The molecule has 90 valence electrons. The van der Waals surface area contributed by atoms with Crippen molar-refractivity contribution in [3.63, 3.8) is 0 Å². The molecule has 0 saturated carbocycles. The summed E-state index contributed by atoms with van der Waals surface area (Å²) in [5.41, 5.74) is -0.545. The maximum absolute atomic E-state index is 11.1. The number of nitrogens with one attached hydrogen (secondary N) is 1. The van der Waals surface area contributed by atoms with Gasteiger partial charge in [-0.15, -0.1) is 23.2 Å². The maximum Gasteiger partial charge on any atom is 0.407 e. The monoisotopic (exact) mass is 257 g/mol. The van der Waals surface area contributed by atoms with E-state index in [9.17, 15) is 9.90 Å². The second-order valence-electron chi connectivity index (χ2n) is 4.16. The number of carbonyl (C=O) groups excluding carboxylic acids is 1. The van der Waals surface area contributed by atoms with Crippen molar-refractivity contribution in [1.82, 2.24) is 5.32 Å². The van der Waals surface area contributed by atoms with Gasteiger partial charge in [-0.2, -0.15) is 0 Å². The standard InChI is InChI=1S/C9H17Cl2NO3/c1-9(2,3)15-8(14)12-5-6(13)4-7(10)11/h6-7,13H,4-5H2,1-3H3,(H,12,14). The zero-order chi connectivity index (χ0) is 12.1. The van der Waals surface area contributed by atoms with Gasteiger partial charge in [0.1, 0.15) is 10.4 Å². The van der Waals surface area contributed by atoms with Crippen LogP contribution in [0.15, 0.2) is 0 Å². The highest BCUT2D eigenvalue weighted by Gasteiger charge is 2.17. The van der Waals surface area contributed by atoms with Gasteiger partial charge in [-0.05, 0) is 20.8 Å². The number of amides is 1. The Morgan fingerprint density at radius 1 is 1.47 bits per heavy atom. The van der Waals surface area contributed by atoms with Crippen LogP contribution in [0.3, 0.4) is 0 Å². The highest BCUT2D eigenvalue weighted by atomic mass is 35.5. The highest BCUT2D eigenvalue weighted by molar-refractivity contribution is 6.44. The molecule has 0 saturated heterocycles. The molecule has 15 heavy (non-hydrogen) atoms. The molecule has 0 aromatic heterocycles. The Balaban J connectivity index is 3.72. The first-order chi connectivity index (χ1) is 6.70. The Kier molecular flexibility index (Phi) is 6.32. The minimum Gasteiger partial charge on any atom is -0.444 e. The lowest BCUT2D eigenvalue weighted by atomic mass is 10.2. The van der Waals surface area contributed by atoms with Crippen LogP contribution in [0.1, 0.15) is 27.2 Å². The van der Waals surface area contributed by atoms with E-state index < -0.39 is 22.6 Å². The Bertz CT molecular complexity index is 204. The Labute approximate surface area is 99.9 Å². The molecule has 1 unspecified atom stereocenters. The van der Waals surface area contributed by atoms with E-state index in [2.05, 4.69) is 5.32 Å². The number of hydrogen-bond donors (Lipinski definition) is 2. The molecule has 1 amide bonds. The third-order valence-electron chi connectivity index (χ3n) is 1.33. The van der Waals surface area contributed by atoms with Crippen molar-refractivity contribution in [3.8, 4) is 0 Å². The molecular formula is C9H17Cl2NO3. The van der Waals surface area contributed by atoms with Crippen LogP contribution in [-0.2, 0) is 4.74 Å². The zero-order valence-corrected chi connectivity index (χ0v) is 10.6. The van der Waals surface area contributed by atoms with Gasteiger partial charge in [0.15, 0.2) is 0 Å². The van der Waals surface area contributed by atoms with E-state index in [1.54, 1.807) is 20.8 Å². The van der Waals surface area contributed by atoms with Gasteiger partial charge in [0.2, 0.25) is 0 Å². The molecular weight excluding hydrogens is 241 g/mol. The summed E-state index contributed by atoms with van der Waals surface area (Å²) in [6.07, 6.45) is -1.13. The largest absolute Gasteiger partial charge is 0.444 e. The number of ether oxygens (including phenoxy) is 1. The third kappa shape index (κ3) is 10.1. The van der Waals surface area contributed by atoms with Crippen LogP contribution in [-0.4, -0.2) is 34.3 Å². The van der Waals surface area contributed by atoms with Crippen LogP contribution in [0.5, 0.6) is 0 Å². The smallest absolute Gasteiger partial charge is 0.407 e. The molecule has 2 N–H and O–H groups in total. The lowest BCUT2D eigenvalue weighted by Gasteiger charge is -2.20. The van der Waals surface area contributed by atoms with E-state index in [1.165, 1.54) is 0 Å². The van der Waals surface area contributed by atoms with Gasteiger partial charge in [0, 0.05) is 13.0 Å². The average molecular weight is 258 g/mol. The van der Waals surface area contributed by atoms with Gasteiger partial charge in [0.25, 0.3) is 0 Å². The minimum absolute atomic E-state index is 0.0743. The number of rotatable bonds is 4. The molecule has 0 heterocycles. The molecule has 0 aliphatic rings. The molecule has 0 radical (unpaired) electrons. The van der Waals surface area contributed by atoms with Crippen LogP contribution in [0.2, 0.25) is 0 Å². The van der Waals surface area contributed by atoms with Gasteiger partial charge in [-0.25, -0.2) is 4.79 Å². The highest BCUT2D eigenvalue weighted by Crippen LogP contribution is 2.10. The first-order valence-electron chi connectivity index (χ1n) is 4.64. The quantitative estimate of drug-likeness (QED) is 0.759. The van der Waals surface area contributed by atoms with Crippen molar-refractivity contribution in [1.29, 1.82) is 0 Å². The van der Waals surface area contributed by atoms with Gasteiger partial charge in [0.05, 0.1) is 6.10 Å². The van der Waals surface area contributed by atoms with E-state index in [0.717, 1.165) is 0 Å². The van der Waals surface area contributed by atoms with Crippen molar-refractivity contribution >= 4 is 29.3 Å². The maximum atomic E-state index is 11.1. The average Bonchev–Trinajstić information content (AvgIpc) is 1.96. The van der Waals surface area contributed by atoms with Gasteiger partial charge >= 0.3 is 6.09 Å². The number of aliphatic hydroxyl groups excluding tert-OH is 1. The first kappa shape index (κ1) is 14.8. The van der Waals surface area contributed by atoms with Crippen LogP contribution in [0.25, 0.3) is 0 Å². The van der Waals surface area contributed by atoms with Crippen LogP contribution < -0.4 is 5.32 Å². The van der Waals surface area contributed by atoms with Crippen LogP contribution in [0.4, 0.5) is 4.79 Å². The number of halogens is 2. The summed E-state index contributed by atoms with van der Waals surface area (Å²) in [5.74, 6) is 0. The van der Waals surface area contributed by atoms with Crippen LogP contribution in [0, 0.1) is 0 Å². The van der Waals surface area contributed by atoms with E-state index in [-0.39, 0.29) is 13.0 Å². The van der Waals surface area contributed by atoms with Gasteiger partial charge in [-0.1, -0.05) is 0 Å². The minimum atomic E-state index is -0.766. The molecule has 6 heteroatoms. The van der Waals surface area contributed by atoms with Crippen molar-refractivity contribution in [2.24, 2.45) is 0 Å². The SMILES string of the molecule is CC(C)(C)OC(=O)NCC(O)CC(Cl)Cl. The predicted octanol–water partition coefficient (Wildman–Crippen LogP) is 2.07. The Hall–Kier alpha value is -0.190. The molecule has 0 spiro atoms. The topological polar surface area (TPSA) is 58.6 Å². The normalized spacial score (nSPS) is 13.8. The molecule has 0 bridgehead atoms. The summed E-state index contributed by atoms with van der Waals surface area (Å²) >= 11 is 10.9. The number of carbonyl (C=O) groups is 1. The van der Waals surface area contributed by atoms with Gasteiger partial charge in [-0.3, -0.25) is 0 Å². The zero-order valence-electron chi connectivity index (χ0n) is 9.09. The Morgan fingerprint density at radius 3 is 2.40 bits per heavy atom. The Morgan fingerprint density at radius 2 is 2.00 bits per heavy atom. The summed E-state index contributed by atoms with van der Waals surface area (Å²) < 4.78 is 4.97. The van der Waals surface area contributed by atoms with Gasteiger partial charge < -0.3 is 15.2 Å². The number of alkyl halides is 2. The summed E-state index contributed by atoms with van der Waals surface area (Å²) in [5, 5.41) is 11.7. The van der Waals surface area contributed by atoms with Crippen LogP contribution >= 0.6 is 23.2 Å². The van der Waals surface area contributed by atoms with Crippen molar-refractivity contribution in [2.75, 3.05) is 6.54 Å². The van der Waals surface area contributed by atoms with E-state index in [4.69, 9.17) is 27.9 Å². The number of hydrogen-bond acceptors (Lipinski definition) is 3. The lowest BCUT2D eigenvalue weighted by molar-refractivity contribution is 0.0490. The van der Waals surface area contributed by atoms with E-state index >= 15 is 0 Å². The molecule has 0 aromatic rings. The van der Waals surface area contributed by atoms with E-state index in [1.807, 2.05) is 0 Å². The van der Waals surface area contributed by atoms with E-state index in [0.29, 0.717) is 0 Å². The molecule has 0 aromatic carbocycles. The van der Waals surface area contributed by atoms with Crippen molar-refractivity contribution < 1.29 is 14.6 Å². The lowest BCUT2D eigenvalue weighted by Crippen LogP contribution is -2.37. The fraction of sp³-hybridized carbons (Fsp3) is 0.889. The summed E-state index contributed by atoms with van der Waals surface area (Å²) in [7, 11) is 0. The fourth-order valence-electron chi connectivity index (χ4n) is 0.804. The summed E-state index contributed by atoms with van der Waals surface area (Å²) in [6, 6.07) is 0. The first-order valence-corrected chi connectivity index (χ1v) is 5.51. The number of aliphatic hydroxyl groups is 1. The molecule has 0 rings (SSSR count). The van der Waals surface area contributed by atoms with Crippen molar-refractivity contribution in [3.05, 3.63) is 0 Å². The molecule has 0 aliphatic carbocycles. The molecule has 1 atom stereocenters. The third-order valence-corrected chi connectivity index (χ3v) is 1.69. The second-order valence-corrected chi connectivity index (χ2v) is 5.44. The molecule has 0 fully saturated rings. The molecule has 4 nitrogen and oxygen atoms in total. The summed E-state index contributed by atoms with van der Waals surface area (Å²) in [4.78, 5) is 10.5.